The van der Waals surface area contributed by atoms with E-state index in [9.17, 15) is 14.9 Å². The van der Waals surface area contributed by atoms with Crippen molar-refractivity contribution in [2.24, 2.45) is 11.3 Å². The van der Waals surface area contributed by atoms with Gasteiger partial charge in [-0.15, -0.1) is 11.3 Å². The number of amides is 1. The normalized spacial score (nSPS) is 16.9. The van der Waals surface area contributed by atoms with Gasteiger partial charge in [0.15, 0.2) is 5.13 Å². The highest BCUT2D eigenvalue weighted by molar-refractivity contribution is 7.15. The maximum Gasteiger partial charge on any atom is 0.269 e. The van der Waals surface area contributed by atoms with Gasteiger partial charge < -0.3 is 0 Å². The molecule has 0 aliphatic heterocycles. The summed E-state index contributed by atoms with van der Waals surface area (Å²) >= 11 is 1.56. The van der Waals surface area contributed by atoms with Gasteiger partial charge >= 0.3 is 0 Å². The molecular formula is C20H23N3O3S. The molecule has 1 unspecified atom stereocenters. The zero-order chi connectivity index (χ0) is 19.6. The summed E-state index contributed by atoms with van der Waals surface area (Å²) in [6, 6.07) is 6.05. The van der Waals surface area contributed by atoms with Gasteiger partial charge in [-0.25, -0.2) is 4.98 Å². The molecule has 6 nitrogen and oxygen atoms in total. The average Bonchev–Trinajstić information content (AvgIpc) is 3.00. The van der Waals surface area contributed by atoms with Crippen molar-refractivity contribution < 1.29 is 9.72 Å². The lowest BCUT2D eigenvalue weighted by Crippen LogP contribution is -2.26. The van der Waals surface area contributed by atoms with E-state index in [1.54, 1.807) is 29.5 Å². The predicted octanol–water partition coefficient (Wildman–Crippen LogP) is 4.85. The van der Waals surface area contributed by atoms with Crippen molar-refractivity contribution in [3.8, 4) is 0 Å². The Kier molecular flexibility index (Phi) is 5.41. The van der Waals surface area contributed by atoms with E-state index in [-0.39, 0.29) is 17.0 Å². The van der Waals surface area contributed by atoms with Gasteiger partial charge in [0.25, 0.3) is 5.69 Å². The molecule has 1 N–H and O–H groups in total. The highest BCUT2D eigenvalue weighted by Gasteiger charge is 2.30. The summed E-state index contributed by atoms with van der Waals surface area (Å²) in [6.07, 6.45) is 6.16. The Morgan fingerprint density at radius 3 is 2.67 bits per heavy atom. The molecule has 1 aromatic heterocycles. The van der Waals surface area contributed by atoms with Crippen LogP contribution >= 0.6 is 11.3 Å². The molecule has 1 aromatic carbocycles. The van der Waals surface area contributed by atoms with Gasteiger partial charge in [-0.05, 0) is 54.4 Å². The predicted molar refractivity (Wildman–Crippen MR) is 108 cm³/mol. The molecule has 0 fully saturated rings. The number of non-ortho nitro benzene ring substituents is 1. The van der Waals surface area contributed by atoms with Crippen LogP contribution in [0.15, 0.2) is 30.3 Å². The van der Waals surface area contributed by atoms with Crippen molar-refractivity contribution in [3.63, 3.8) is 0 Å². The van der Waals surface area contributed by atoms with E-state index >= 15 is 0 Å². The third kappa shape index (κ3) is 4.80. The molecule has 3 rings (SSSR count). The number of fused-ring (bicyclic) bond motifs is 1. The first kappa shape index (κ1) is 19.2. The Balaban J connectivity index is 1.62. The Morgan fingerprint density at radius 2 is 2.04 bits per heavy atom. The van der Waals surface area contributed by atoms with Gasteiger partial charge in [-0.3, -0.25) is 20.2 Å². The third-order valence-corrected chi connectivity index (χ3v) is 5.96. The second-order valence-corrected chi connectivity index (χ2v) is 8.95. The molecule has 0 spiro atoms. The molecule has 0 bridgehead atoms. The standard InChI is InChI=1S/C20H23N3O3S/c1-20(2,3)14-7-10-16-17(12-14)27-19(21-16)22-18(24)11-6-13-4-8-15(9-5-13)23(25)26/h4-6,8-9,11,14H,7,10,12H2,1-3H3,(H,21,22,24)/b11-6+. The topological polar surface area (TPSA) is 85.1 Å². The number of nitrogens with zero attached hydrogens (tertiary/aromatic N) is 2. The van der Waals surface area contributed by atoms with E-state index in [4.69, 9.17) is 0 Å². The first-order chi connectivity index (χ1) is 12.7. The maximum absolute atomic E-state index is 12.2. The number of rotatable bonds is 4. The molecule has 1 aliphatic carbocycles. The smallest absolute Gasteiger partial charge is 0.269 e. The number of hydrogen-bond donors (Lipinski definition) is 1. The molecule has 27 heavy (non-hydrogen) atoms. The highest BCUT2D eigenvalue weighted by Crippen LogP contribution is 2.40. The van der Waals surface area contributed by atoms with Crippen molar-refractivity contribution in [3.05, 3.63) is 56.6 Å². The van der Waals surface area contributed by atoms with Crippen LogP contribution in [-0.4, -0.2) is 15.8 Å². The monoisotopic (exact) mass is 385 g/mol. The Morgan fingerprint density at radius 1 is 1.33 bits per heavy atom. The summed E-state index contributed by atoms with van der Waals surface area (Å²) in [7, 11) is 0. The molecule has 1 amide bonds. The van der Waals surface area contributed by atoms with Crippen molar-refractivity contribution >= 4 is 34.1 Å². The quantitative estimate of drug-likeness (QED) is 0.463. The number of nitro groups is 1. The number of nitro benzene ring substituents is 1. The average molecular weight is 385 g/mol. The van der Waals surface area contributed by atoms with Crippen LogP contribution in [0.2, 0.25) is 0 Å². The number of thiazole rings is 1. The number of nitrogens with one attached hydrogen (secondary N) is 1. The summed E-state index contributed by atoms with van der Waals surface area (Å²) in [5.74, 6) is 0.378. The van der Waals surface area contributed by atoms with Gasteiger partial charge in [0.1, 0.15) is 0 Å². The zero-order valence-electron chi connectivity index (χ0n) is 15.7. The zero-order valence-corrected chi connectivity index (χ0v) is 16.5. The lowest BCUT2D eigenvalue weighted by Gasteiger charge is -2.33. The first-order valence-corrected chi connectivity index (χ1v) is 9.76. The van der Waals surface area contributed by atoms with Crippen LogP contribution in [0.5, 0.6) is 0 Å². The molecule has 0 saturated carbocycles. The molecule has 0 radical (unpaired) electrons. The lowest BCUT2D eigenvalue weighted by molar-refractivity contribution is -0.384. The Bertz CT molecular complexity index is 879. The first-order valence-electron chi connectivity index (χ1n) is 8.94. The molecule has 7 heteroatoms. The fraction of sp³-hybridized carbons (Fsp3) is 0.400. The van der Waals surface area contributed by atoms with E-state index in [2.05, 4.69) is 31.1 Å². The van der Waals surface area contributed by atoms with E-state index in [1.165, 1.54) is 23.1 Å². The summed E-state index contributed by atoms with van der Waals surface area (Å²) in [6.45, 7) is 6.82. The summed E-state index contributed by atoms with van der Waals surface area (Å²) in [5, 5.41) is 14.1. The number of carbonyl (C=O) groups excluding carboxylic acids is 1. The second-order valence-electron chi connectivity index (χ2n) is 7.87. The van der Waals surface area contributed by atoms with E-state index in [0.29, 0.717) is 11.0 Å². The van der Waals surface area contributed by atoms with Crippen LogP contribution in [0.3, 0.4) is 0 Å². The molecule has 1 atom stereocenters. The molecule has 142 valence electrons. The van der Waals surface area contributed by atoms with E-state index in [1.807, 2.05) is 0 Å². The minimum Gasteiger partial charge on any atom is -0.298 e. The maximum atomic E-state index is 12.2. The minimum atomic E-state index is -0.450. The van der Waals surface area contributed by atoms with Crippen molar-refractivity contribution in [1.29, 1.82) is 0 Å². The molecule has 1 aliphatic rings. The summed E-state index contributed by atoms with van der Waals surface area (Å²) in [5.41, 5.74) is 2.13. The van der Waals surface area contributed by atoms with Crippen molar-refractivity contribution in [2.75, 3.05) is 5.32 Å². The van der Waals surface area contributed by atoms with Crippen LogP contribution in [-0.2, 0) is 17.6 Å². The number of benzene rings is 1. The van der Waals surface area contributed by atoms with Crippen molar-refractivity contribution in [1.82, 2.24) is 4.98 Å². The van der Waals surface area contributed by atoms with E-state index in [0.717, 1.165) is 30.5 Å². The van der Waals surface area contributed by atoms with E-state index < -0.39 is 4.92 Å². The SMILES string of the molecule is CC(C)(C)C1CCc2nc(NC(=O)/C=C/c3ccc([N+](=O)[O-])cc3)sc2C1. The van der Waals surface area contributed by atoms with Gasteiger partial charge in [-0.2, -0.15) is 0 Å². The van der Waals surface area contributed by atoms with Gasteiger partial charge in [-0.1, -0.05) is 20.8 Å². The molecule has 2 aromatic rings. The van der Waals surface area contributed by atoms with Crippen LogP contribution in [0.25, 0.3) is 6.08 Å². The van der Waals surface area contributed by atoms with Gasteiger partial charge in [0.2, 0.25) is 5.91 Å². The third-order valence-electron chi connectivity index (χ3n) is 4.93. The largest absolute Gasteiger partial charge is 0.298 e. The number of aromatic nitrogens is 1. The fourth-order valence-electron chi connectivity index (χ4n) is 3.19. The molecule has 1 heterocycles. The van der Waals surface area contributed by atoms with Crippen LogP contribution < -0.4 is 5.32 Å². The van der Waals surface area contributed by atoms with Crippen LogP contribution in [0, 0.1) is 21.4 Å². The molecular weight excluding hydrogens is 362 g/mol. The Labute approximate surface area is 162 Å². The number of carbonyl (C=O) groups is 1. The summed E-state index contributed by atoms with van der Waals surface area (Å²) in [4.78, 5) is 28.2. The lowest BCUT2D eigenvalue weighted by atomic mass is 9.73. The number of anilines is 1. The minimum absolute atomic E-state index is 0.0264. The number of aryl methyl sites for hydroxylation is 1. The van der Waals surface area contributed by atoms with Gasteiger partial charge in [0, 0.05) is 23.1 Å². The second kappa shape index (κ2) is 7.60. The van der Waals surface area contributed by atoms with Crippen LogP contribution in [0.1, 0.15) is 43.3 Å². The fourth-order valence-corrected chi connectivity index (χ4v) is 4.28. The molecule has 0 saturated heterocycles. The Hall–Kier alpha value is -2.54. The van der Waals surface area contributed by atoms with Crippen molar-refractivity contribution in [2.45, 2.75) is 40.0 Å². The highest BCUT2D eigenvalue weighted by atomic mass is 32.1. The van der Waals surface area contributed by atoms with Crippen LogP contribution in [0.4, 0.5) is 10.8 Å². The van der Waals surface area contributed by atoms with Gasteiger partial charge in [0.05, 0.1) is 10.6 Å². The summed E-state index contributed by atoms with van der Waals surface area (Å²) < 4.78 is 0. The number of hydrogen-bond acceptors (Lipinski definition) is 5.